The summed E-state index contributed by atoms with van der Waals surface area (Å²) >= 11 is 0. The van der Waals surface area contributed by atoms with Gasteiger partial charge in [-0.2, -0.15) is 0 Å². The Kier molecular flexibility index (Phi) is 4.99. The van der Waals surface area contributed by atoms with Crippen LogP contribution >= 0.6 is 0 Å². The van der Waals surface area contributed by atoms with Crippen molar-refractivity contribution in [1.29, 1.82) is 0 Å². The molecule has 1 aromatic rings. The highest BCUT2D eigenvalue weighted by atomic mass is 32.2. The van der Waals surface area contributed by atoms with Crippen LogP contribution in [0.3, 0.4) is 0 Å². The molecule has 1 atom stereocenters. The van der Waals surface area contributed by atoms with Crippen LogP contribution in [0.15, 0.2) is 29.2 Å². The van der Waals surface area contributed by atoms with Gasteiger partial charge in [-0.05, 0) is 62.9 Å². The predicted molar refractivity (Wildman–Crippen MR) is 87.8 cm³/mol. The van der Waals surface area contributed by atoms with Gasteiger partial charge in [0.1, 0.15) is 0 Å². The fraction of sp³-hybridized carbons (Fsp3) is 0.562. The van der Waals surface area contributed by atoms with Crippen LogP contribution in [0, 0.1) is 0 Å². The number of hydrogen-bond donors (Lipinski definition) is 3. The van der Waals surface area contributed by atoms with E-state index in [1.807, 2.05) is 0 Å². The second-order valence-corrected chi connectivity index (χ2v) is 8.04. The summed E-state index contributed by atoms with van der Waals surface area (Å²) in [6.07, 6.45) is 5.28. The summed E-state index contributed by atoms with van der Waals surface area (Å²) in [5.74, 6) is -0.137. The molecule has 1 aliphatic carbocycles. The Bertz CT molecular complexity index is 648. The molecule has 1 aliphatic heterocycles. The Balaban J connectivity index is 1.59. The van der Waals surface area contributed by atoms with E-state index in [1.54, 1.807) is 12.1 Å². The number of hydrogen-bond acceptors (Lipinski definition) is 4. The zero-order valence-electron chi connectivity index (χ0n) is 13.0. The van der Waals surface area contributed by atoms with Crippen LogP contribution in [0.5, 0.6) is 0 Å². The van der Waals surface area contributed by atoms with Crippen LogP contribution in [0.2, 0.25) is 0 Å². The first-order valence-electron chi connectivity index (χ1n) is 8.18. The molecule has 1 amide bonds. The van der Waals surface area contributed by atoms with E-state index < -0.39 is 10.0 Å². The monoisotopic (exact) mass is 337 g/mol. The minimum atomic E-state index is -3.53. The van der Waals surface area contributed by atoms with E-state index in [0.717, 1.165) is 38.6 Å². The third-order valence-electron chi connectivity index (χ3n) is 4.55. The van der Waals surface area contributed by atoms with Gasteiger partial charge in [-0.3, -0.25) is 4.79 Å². The van der Waals surface area contributed by atoms with E-state index in [9.17, 15) is 13.2 Å². The molecule has 0 aromatic heterocycles. The Morgan fingerprint density at radius 1 is 1.13 bits per heavy atom. The van der Waals surface area contributed by atoms with Crippen LogP contribution in [-0.2, 0) is 10.0 Å². The number of benzene rings is 1. The molecule has 3 rings (SSSR count). The lowest BCUT2D eigenvalue weighted by atomic mass is 9.93. The maximum Gasteiger partial charge on any atom is 0.251 e. The molecular weight excluding hydrogens is 314 g/mol. The predicted octanol–water partition coefficient (Wildman–Crippen LogP) is 0.999. The Morgan fingerprint density at radius 3 is 2.43 bits per heavy atom. The highest BCUT2D eigenvalue weighted by Crippen LogP contribution is 2.19. The molecule has 0 unspecified atom stereocenters. The highest BCUT2D eigenvalue weighted by molar-refractivity contribution is 7.89. The topological polar surface area (TPSA) is 87.3 Å². The third kappa shape index (κ3) is 4.10. The summed E-state index contributed by atoms with van der Waals surface area (Å²) in [6.45, 7) is 1.34. The van der Waals surface area contributed by atoms with Crippen molar-refractivity contribution in [3.05, 3.63) is 29.8 Å². The van der Waals surface area contributed by atoms with Gasteiger partial charge in [-0.15, -0.1) is 0 Å². The molecule has 3 N–H and O–H groups in total. The number of carbonyl (C=O) groups is 1. The number of carbonyl (C=O) groups excluding carboxylic acids is 1. The average Bonchev–Trinajstić information content (AvgIpc) is 3.02. The lowest BCUT2D eigenvalue weighted by molar-refractivity contribution is 0.0917. The standard InChI is InChI=1S/C16H23N3O3S/c20-16(19-13-3-1-4-13)12-6-8-15(9-7-12)23(21,22)18-11-14-5-2-10-17-14/h6-9,13-14,17-18H,1-5,10-11H2,(H,19,20)/t14-/m0/s1. The Morgan fingerprint density at radius 2 is 1.87 bits per heavy atom. The van der Waals surface area contributed by atoms with E-state index in [-0.39, 0.29) is 22.9 Å². The van der Waals surface area contributed by atoms with Gasteiger partial charge < -0.3 is 10.6 Å². The zero-order chi connectivity index (χ0) is 16.3. The Hall–Kier alpha value is -1.44. The molecule has 126 valence electrons. The summed E-state index contributed by atoms with van der Waals surface area (Å²) in [4.78, 5) is 12.2. The van der Waals surface area contributed by atoms with Gasteiger partial charge in [-0.25, -0.2) is 13.1 Å². The number of rotatable bonds is 6. The zero-order valence-corrected chi connectivity index (χ0v) is 13.9. The van der Waals surface area contributed by atoms with Gasteiger partial charge in [-0.1, -0.05) is 0 Å². The highest BCUT2D eigenvalue weighted by Gasteiger charge is 2.21. The van der Waals surface area contributed by atoms with E-state index in [4.69, 9.17) is 0 Å². The molecule has 1 heterocycles. The van der Waals surface area contributed by atoms with Crippen molar-refractivity contribution in [2.24, 2.45) is 0 Å². The molecule has 1 saturated carbocycles. The first-order chi connectivity index (χ1) is 11.0. The van der Waals surface area contributed by atoms with Crippen LogP contribution in [0.1, 0.15) is 42.5 Å². The second kappa shape index (κ2) is 6.98. The van der Waals surface area contributed by atoms with Crippen molar-refractivity contribution in [3.8, 4) is 0 Å². The summed E-state index contributed by atoms with van der Waals surface area (Å²) in [6, 6.07) is 6.58. The number of nitrogens with one attached hydrogen (secondary N) is 3. The molecule has 1 aromatic carbocycles. The largest absolute Gasteiger partial charge is 0.349 e. The smallest absolute Gasteiger partial charge is 0.251 e. The molecule has 0 spiro atoms. The van der Waals surface area contributed by atoms with Crippen LogP contribution in [-0.4, -0.2) is 39.5 Å². The lowest BCUT2D eigenvalue weighted by Crippen LogP contribution is -2.39. The normalized spacial score (nSPS) is 21.8. The average molecular weight is 337 g/mol. The molecule has 0 bridgehead atoms. The summed E-state index contributed by atoms with van der Waals surface area (Å²) < 4.78 is 27.2. The van der Waals surface area contributed by atoms with Crippen LogP contribution in [0.25, 0.3) is 0 Å². The molecule has 0 radical (unpaired) electrons. The van der Waals surface area contributed by atoms with E-state index in [0.29, 0.717) is 12.1 Å². The van der Waals surface area contributed by atoms with Crippen molar-refractivity contribution in [1.82, 2.24) is 15.4 Å². The quantitative estimate of drug-likeness (QED) is 0.723. The second-order valence-electron chi connectivity index (χ2n) is 6.27. The Labute approximate surface area is 137 Å². The van der Waals surface area contributed by atoms with E-state index in [1.165, 1.54) is 12.1 Å². The fourth-order valence-electron chi connectivity index (χ4n) is 2.83. The van der Waals surface area contributed by atoms with Crippen molar-refractivity contribution in [2.45, 2.75) is 49.1 Å². The molecular formula is C16H23N3O3S. The first kappa shape index (κ1) is 16.4. The number of amides is 1. The van der Waals surface area contributed by atoms with E-state index in [2.05, 4.69) is 15.4 Å². The summed E-state index contributed by atoms with van der Waals surface area (Å²) in [5.41, 5.74) is 0.494. The first-order valence-corrected chi connectivity index (χ1v) is 9.67. The molecule has 23 heavy (non-hydrogen) atoms. The van der Waals surface area contributed by atoms with Gasteiger partial charge in [0, 0.05) is 24.2 Å². The maximum absolute atomic E-state index is 12.3. The minimum Gasteiger partial charge on any atom is -0.349 e. The van der Waals surface area contributed by atoms with Gasteiger partial charge in [0.15, 0.2) is 0 Å². The molecule has 1 saturated heterocycles. The molecule has 6 nitrogen and oxygen atoms in total. The van der Waals surface area contributed by atoms with Gasteiger partial charge in [0.05, 0.1) is 4.90 Å². The maximum atomic E-state index is 12.3. The van der Waals surface area contributed by atoms with Gasteiger partial charge >= 0.3 is 0 Å². The minimum absolute atomic E-state index is 0.137. The fourth-order valence-corrected chi connectivity index (χ4v) is 3.91. The summed E-state index contributed by atoms with van der Waals surface area (Å²) in [7, 11) is -3.53. The van der Waals surface area contributed by atoms with Crippen LogP contribution < -0.4 is 15.4 Å². The lowest BCUT2D eigenvalue weighted by Gasteiger charge is -2.26. The molecule has 2 fully saturated rings. The van der Waals surface area contributed by atoms with Crippen molar-refractivity contribution in [3.63, 3.8) is 0 Å². The van der Waals surface area contributed by atoms with Crippen molar-refractivity contribution in [2.75, 3.05) is 13.1 Å². The van der Waals surface area contributed by atoms with Crippen molar-refractivity contribution >= 4 is 15.9 Å². The number of sulfonamides is 1. The third-order valence-corrected chi connectivity index (χ3v) is 5.99. The SMILES string of the molecule is O=C(NC1CCC1)c1ccc(S(=O)(=O)NC[C@@H]2CCCN2)cc1. The van der Waals surface area contributed by atoms with Crippen LogP contribution in [0.4, 0.5) is 0 Å². The summed E-state index contributed by atoms with van der Waals surface area (Å²) in [5, 5.41) is 6.19. The van der Waals surface area contributed by atoms with Crippen molar-refractivity contribution < 1.29 is 13.2 Å². The molecule has 7 heteroatoms. The van der Waals surface area contributed by atoms with Gasteiger partial charge in [0.25, 0.3) is 5.91 Å². The van der Waals surface area contributed by atoms with Gasteiger partial charge in [0.2, 0.25) is 10.0 Å². The molecule has 2 aliphatic rings. The van der Waals surface area contributed by atoms with E-state index >= 15 is 0 Å².